The molecule has 338 valence electrons. The number of nitrogens with zero attached hydrogens (tertiary/aromatic N) is 4. The van der Waals surface area contributed by atoms with Crippen LogP contribution in [0.4, 0.5) is 9.59 Å². The zero-order chi connectivity index (χ0) is 45.4. The normalized spacial score (nSPS) is 19.2. The number of aromatic nitrogens is 4. The van der Waals surface area contributed by atoms with Gasteiger partial charge in [0.1, 0.15) is 36.1 Å². The van der Waals surface area contributed by atoms with E-state index in [1.54, 1.807) is 30.0 Å². The minimum atomic E-state index is -0.965. The number of carbonyl (C=O) groups excluding carboxylic acids is 4. The van der Waals surface area contributed by atoms with E-state index >= 15 is 0 Å². The number of hydrogen-bond acceptors (Lipinski definition) is 11. The highest BCUT2D eigenvalue weighted by molar-refractivity contribution is 6.07. The van der Waals surface area contributed by atoms with Crippen LogP contribution in [0.2, 0.25) is 0 Å². The van der Waals surface area contributed by atoms with E-state index in [1.165, 1.54) is 21.3 Å². The highest BCUT2D eigenvalue weighted by Crippen LogP contribution is 2.44. The van der Waals surface area contributed by atoms with Crippen molar-refractivity contribution < 1.29 is 42.9 Å². The second-order valence-corrected chi connectivity index (χ2v) is 16.8. The Bertz CT molecular complexity index is 2760. The molecule has 3 aliphatic heterocycles. The van der Waals surface area contributed by atoms with Gasteiger partial charge in [-0.15, -0.1) is 0 Å². The van der Waals surface area contributed by atoms with Crippen LogP contribution in [-0.2, 0) is 35.1 Å². The van der Waals surface area contributed by atoms with E-state index in [0.717, 1.165) is 68.3 Å². The van der Waals surface area contributed by atoms with Crippen LogP contribution in [0.5, 0.6) is 5.75 Å². The fourth-order valence-electron chi connectivity index (χ4n) is 9.54. The fraction of sp³-hybridized carbons (Fsp3) is 0.375. The van der Waals surface area contributed by atoms with Gasteiger partial charge in [-0.3, -0.25) is 9.59 Å². The first-order valence-electron chi connectivity index (χ1n) is 21.7. The fourth-order valence-corrected chi connectivity index (χ4v) is 9.54. The van der Waals surface area contributed by atoms with Crippen molar-refractivity contribution in [3.05, 3.63) is 102 Å². The zero-order valence-electron chi connectivity index (χ0n) is 36.9. The molecule has 0 saturated carbocycles. The summed E-state index contributed by atoms with van der Waals surface area (Å²) in [5.74, 6) is 1.60. The molecular formula is C48H52N8O9. The van der Waals surface area contributed by atoms with Crippen molar-refractivity contribution >= 4 is 45.8 Å². The largest absolute Gasteiger partial charge is 0.488 e. The van der Waals surface area contributed by atoms with Gasteiger partial charge in [0.2, 0.25) is 5.91 Å². The summed E-state index contributed by atoms with van der Waals surface area (Å²) in [5.41, 5.74) is 7.05. The van der Waals surface area contributed by atoms with E-state index in [1.807, 2.05) is 36.4 Å². The van der Waals surface area contributed by atoms with Crippen molar-refractivity contribution in [2.75, 3.05) is 48.1 Å². The van der Waals surface area contributed by atoms with Crippen molar-refractivity contribution in [2.24, 2.45) is 5.92 Å². The van der Waals surface area contributed by atoms with Gasteiger partial charge in [-0.1, -0.05) is 48.5 Å². The van der Waals surface area contributed by atoms with Gasteiger partial charge >= 0.3 is 12.2 Å². The lowest BCUT2D eigenvalue weighted by atomic mass is 9.92. The molecule has 9 rings (SSSR count). The lowest BCUT2D eigenvalue weighted by Gasteiger charge is -2.30. The average molecular weight is 885 g/mol. The third kappa shape index (κ3) is 8.32. The number of ether oxygens (including phenoxy) is 5. The van der Waals surface area contributed by atoms with E-state index in [2.05, 4.69) is 57.0 Å². The van der Waals surface area contributed by atoms with Crippen LogP contribution in [-0.4, -0.2) is 114 Å². The number of H-pyrrole nitrogens is 2. The Morgan fingerprint density at radius 1 is 0.862 bits per heavy atom. The second kappa shape index (κ2) is 18.3. The van der Waals surface area contributed by atoms with Crippen molar-refractivity contribution in [3.8, 4) is 28.1 Å². The molecule has 2 saturated heterocycles. The Morgan fingerprint density at radius 3 is 2.43 bits per heavy atom. The summed E-state index contributed by atoms with van der Waals surface area (Å²) in [6, 6.07) is 21.1. The minimum absolute atomic E-state index is 0.0624. The molecule has 0 spiro atoms. The molecule has 0 unspecified atom stereocenters. The van der Waals surface area contributed by atoms with Crippen LogP contribution in [0.3, 0.4) is 0 Å². The van der Waals surface area contributed by atoms with Crippen LogP contribution in [0.15, 0.2) is 79.0 Å². The Hall–Kier alpha value is -6.98. The van der Waals surface area contributed by atoms with E-state index in [0.29, 0.717) is 49.9 Å². The number of carbonyl (C=O) groups is 4. The summed E-state index contributed by atoms with van der Waals surface area (Å²) in [6.45, 7) is 3.50. The van der Waals surface area contributed by atoms with Gasteiger partial charge < -0.3 is 54.1 Å². The molecule has 6 aromatic rings. The van der Waals surface area contributed by atoms with Gasteiger partial charge in [-0.05, 0) is 78.1 Å². The number of aromatic amines is 2. The summed E-state index contributed by atoms with van der Waals surface area (Å²) in [6.07, 6.45) is 1.90. The van der Waals surface area contributed by atoms with E-state index in [4.69, 9.17) is 33.7 Å². The maximum atomic E-state index is 14.1. The first kappa shape index (κ1) is 43.3. The molecular weight excluding hydrogens is 833 g/mol. The Labute approximate surface area is 375 Å². The standard InChI is InChI=1S/C48H52N8O9/c1-26(62-3)40(53-47(59)63-4)45(57)56-23-27(24-61-2)18-38(56)43-49-22-36(51-43)30-13-15-32-31(19-30)25-65-39-21-33-29(20-34(32)39)14-16-35-42(33)52-44(50-35)37-12-9-17-55(37)46(58)41(54-48(60)64-5)28-10-7-6-8-11-28/h6-8,10-11,13-16,19-22,26-27,37-38,40-41H,9,12,17-18,23-25H2,1-5H3,(H,49,51)(H,50,52)(H,53,59)(H,54,60)/t26-,27+,37+,38+,40+,41-/m1/s1. The van der Waals surface area contributed by atoms with E-state index in [9.17, 15) is 19.2 Å². The summed E-state index contributed by atoms with van der Waals surface area (Å²) in [5, 5.41) is 7.33. The Kier molecular flexibility index (Phi) is 12.2. The maximum absolute atomic E-state index is 14.1. The second-order valence-electron chi connectivity index (χ2n) is 16.8. The van der Waals surface area contributed by atoms with Crippen LogP contribution in [0.1, 0.15) is 67.1 Å². The zero-order valence-corrected chi connectivity index (χ0v) is 36.9. The molecule has 4 aromatic carbocycles. The molecule has 17 nitrogen and oxygen atoms in total. The number of nitrogens with one attached hydrogen (secondary N) is 4. The molecule has 65 heavy (non-hydrogen) atoms. The molecule has 0 bridgehead atoms. The summed E-state index contributed by atoms with van der Waals surface area (Å²) in [4.78, 5) is 73.1. The quantitative estimate of drug-likeness (QED) is 0.102. The number of methoxy groups -OCH3 is 4. The molecule has 0 aliphatic carbocycles. The van der Waals surface area contributed by atoms with Crippen molar-refractivity contribution in [1.29, 1.82) is 0 Å². The van der Waals surface area contributed by atoms with Gasteiger partial charge in [0.15, 0.2) is 0 Å². The lowest BCUT2D eigenvalue weighted by Crippen LogP contribution is -2.54. The number of amides is 4. The van der Waals surface area contributed by atoms with Gasteiger partial charge in [0.25, 0.3) is 5.91 Å². The third-order valence-corrected chi connectivity index (χ3v) is 12.9. The molecule has 5 heterocycles. The molecule has 2 fully saturated rings. The Morgan fingerprint density at radius 2 is 1.66 bits per heavy atom. The van der Waals surface area contributed by atoms with Gasteiger partial charge in [0, 0.05) is 44.2 Å². The number of hydrogen-bond donors (Lipinski definition) is 4. The highest BCUT2D eigenvalue weighted by atomic mass is 16.5. The van der Waals surface area contributed by atoms with Crippen LogP contribution in [0.25, 0.3) is 44.2 Å². The van der Waals surface area contributed by atoms with Gasteiger partial charge in [-0.25, -0.2) is 19.6 Å². The Balaban J connectivity index is 0.966. The van der Waals surface area contributed by atoms with Crippen molar-refractivity contribution in [1.82, 2.24) is 40.4 Å². The van der Waals surface area contributed by atoms with Gasteiger partial charge in [-0.2, -0.15) is 0 Å². The van der Waals surface area contributed by atoms with E-state index in [-0.39, 0.29) is 29.8 Å². The van der Waals surface area contributed by atoms with Crippen LogP contribution < -0.4 is 15.4 Å². The maximum Gasteiger partial charge on any atom is 0.407 e. The highest BCUT2D eigenvalue weighted by Gasteiger charge is 2.43. The lowest BCUT2D eigenvalue weighted by molar-refractivity contribution is -0.138. The first-order chi connectivity index (χ1) is 31.6. The molecule has 17 heteroatoms. The van der Waals surface area contributed by atoms with E-state index < -0.39 is 30.4 Å². The van der Waals surface area contributed by atoms with Crippen molar-refractivity contribution in [3.63, 3.8) is 0 Å². The average Bonchev–Trinajstić information content (AvgIpc) is 4.18. The van der Waals surface area contributed by atoms with Crippen LogP contribution in [0, 0.1) is 5.92 Å². The van der Waals surface area contributed by atoms with Gasteiger partial charge in [0.05, 0.1) is 61.9 Å². The number of rotatable bonds is 12. The number of alkyl carbamates (subject to hydrolysis) is 2. The smallest absolute Gasteiger partial charge is 0.407 e. The minimum Gasteiger partial charge on any atom is -0.488 e. The molecule has 3 aliphatic rings. The predicted octanol–water partition coefficient (Wildman–Crippen LogP) is 6.72. The topological polar surface area (TPSA) is 202 Å². The molecule has 0 radical (unpaired) electrons. The summed E-state index contributed by atoms with van der Waals surface area (Å²) < 4.78 is 27.1. The third-order valence-electron chi connectivity index (χ3n) is 12.9. The number of imidazole rings is 2. The molecule has 2 aromatic heterocycles. The molecule has 4 N–H and O–H groups in total. The number of benzene rings is 4. The van der Waals surface area contributed by atoms with Crippen molar-refractivity contribution in [2.45, 2.75) is 63.1 Å². The monoisotopic (exact) mass is 884 g/mol. The molecule has 6 atom stereocenters. The molecule has 4 amide bonds. The predicted molar refractivity (Wildman–Crippen MR) is 240 cm³/mol. The van der Waals surface area contributed by atoms with Crippen LogP contribution >= 0.6 is 0 Å². The summed E-state index contributed by atoms with van der Waals surface area (Å²) in [7, 11) is 5.66. The number of likely N-dealkylation sites (tertiary alicyclic amines) is 2. The SMILES string of the molecule is COC[C@H]1C[C@@H](c2ncc(-c3ccc4c(c3)COc3cc5c(ccc6nc([C@@H]7CCCN7C(=O)[C@H](NC(=O)OC)c7ccccc7)[nH]c65)cc3-4)[nH]2)N(C(=O)[C@@H](NC(=O)OC)[C@@H](C)OC)C1. The number of fused-ring (bicyclic) bond motifs is 6. The summed E-state index contributed by atoms with van der Waals surface area (Å²) >= 11 is 0. The first-order valence-corrected chi connectivity index (χ1v) is 21.7.